The smallest absolute Gasteiger partial charge is 0.221 e. The molecule has 0 aliphatic carbocycles. The van der Waals surface area contributed by atoms with Gasteiger partial charge in [-0.25, -0.2) is 0 Å². The van der Waals surface area contributed by atoms with Gasteiger partial charge in [0.25, 0.3) is 0 Å². The van der Waals surface area contributed by atoms with Crippen molar-refractivity contribution in [2.45, 2.75) is 27.7 Å². The Morgan fingerprint density at radius 3 is 0.755 bits per heavy atom. The second-order valence-electron chi connectivity index (χ2n) is 9.94. The van der Waals surface area contributed by atoms with Gasteiger partial charge in [0.05, 0.1) is 0 Å². The summed E-state index contributed by atoms with van der Waals surface area (Å²) in [7, 11) is 0. The molecule has 4 aromatic carbocycles. The van der Waals surface area contributed by atoms with Crippen molar-refractivity contribution in [1.82, 2.24) is 0 Å². The number of aromatic hydroxyl groups is 4. The van der Waals surface area contributed by atoms with Crippen molar-refractivity contribution < 1.29 is 57.0 Å². The summed E-state index contributed by atoms with van der Waals surface area (Å²) in [5.74, 6) is -1.58. The monoisotopic (exact) mass is 708 g/mol. The van der Waals surface area contributed by atoms with Gasteiger partial charge in [-0.1, -0.05) is 0 Å². The number of carbonyl (C=O) groups excluding carboxylic acids is 4. The van der Waals surface area contributed by atoms with Crippen LogP contribution in [0.15, 0.2) is 93.3 Å². The van der Waals surface area contributed by atoms with Gasteiger partial charge in [0.2, 0.25) is 23.6 Å². The van der Waals surface area contributed by atoms with Crippen molar-refractivity contribution >= 4 is 69.1 Å². The quantitative estimate of drug-likeness (QED) is 0.0708. The van der Waals surface area contributed by atoms with E-state index < -0.39 is 0 Å². The summed E-state index contributed by atoms with van der Waals surface area (Å²) in [5, 5.41) is 65.0. The van der Waals surface area contributed by atoms with Crippen LogP contribution >= 0.6 is 0 Å². The Kier molecular flexibility index (Phi) is 14.4. The third-order valence-corrected chi connectivity index (χ3v) is 5.71. The molecule has 4 rings (SSSR count). The molecule has 0 heterocycles. The van der Waals surface area contributed by atoms with Gasteiger partial charge in [-0.05, 0) is 72.8 Å². The van der Waals surface area contributed by atoms with Crippen LogP contribution in [0, 0.1) is 0 Å². The summed E-state index contributed by atoms with van der Waals surface area (Å²) in [6.45, 7) is 5.44. The van der Waals surface area contributed by atoms with E-state index in [0.717, 1.165) is 0 Å². The zero-order valence-electron chi connectivity index (χ0n) is 26.5. The molecule has 0 radical (unpaired) electrons. The summed E-state index contributed by atoms with van der Waals surface area (Å²) >= 11 is 0. The van der Waals surface area contributed by atoms with Crippen LogP contribution in [0.5, 0.6) is 23.0 Å². The van der Waals surface area contributed by atoms with Gasteiger partial charge >= 0.3 is 0 Å². The average Bonchev–Trinajstić information content (AvgIpc) is 2.99. The topological polar surface area (TPSA) is 247 Å². The molecule has 254 valence electrons. The minimum absolute atomic E-state index is 0. The normalized spacial score (nSPS) is 10.4. The van der Waals surface area contributed by atoms with Crippen LogP contribution in [0.4, 0.5) is 45.5 Å². The zero-order chi connectivity index (χ0) is 35.4. The number of nitrogens with one attached hydrogen (secondary N) is 4. The van der Waals surface area contributed by atoms with E-state index in [9.17, 15) is 39.6 Å². The molecule has 0 saturated heterocycles. The molecule has 0 fully saturated rings. The Morgan fingerprint density at radius 2 is 0.592 bits per heavy atom. The van der Waals surface area contributed by atoms with E-state index in [1.165, 1.54) is 100 Å². The number of benzene rings is 4. The number of hydrogen-bond donors (Lipinski definition) is 8. The van der Waals surface area contributed by atoms with Crippen LogP contribution in [-0.4, -0.2) is 44.1 Å². The fraction of sp³-hybridized carbons (Fsp3) is 0.125. The number of hydrogen-bond acceptors (Lipinski definition) is 12. The van der Waals surface area contributed by atoms with Gasteiger partial charge < -0.3 is 41.7 Å². The van der Waals surface area contributed by atoms with Crippen LogP contribution in [0.1, 0.15) is 27.7 Å². The maximum absolute atomic E-state index is 11.1. The van der Waals surface area contributed by atoms with Gasteiger partial charge in [-0.15, -0.1) is 20.5 Å². The van der Waals surface area contributed by atoms with E-state index in [-0.39, 0.29) is 86.7 Å². The maximum atomic E-state index is 11.1. The van der Waals surface area contributed by atoms with Crippen LogP contribution < -0.4 is 21.3 Å². The van der Waals surface area contributed by atoms with E-state index in [4.69, 9.17) is 0 Å². The van der Waals surface area contributed by atoms with Gasteiger partial charge in [-0.3, -0.25) is 19.2 Å². The Labute approximate surface area is 290 Å². The van der Waals surface area contributed by atoms with Gasteiger partial charge in [-0.2, -0.15) is 0 Å². The summed E-state index contributed by atoms with van der Waals surface area (Å²) in [4.78, 5) is 44.3. The summed E-state index contributed by atoms with van der Waals surface area (Å²) < 4.78 is 0. The number of phenols is 4. The molecule has 4 aromatic rings. The average molecular weight is 709 g/mol. The maximum Gasteiger partial charge on any atom is 0.221 e. The fourth-order valence-corrected chi connectivity index (χ4v) is 3.75. The van der Waals surface area contributed by atoms with E-state index in [1.807, 2.05) is 0 Å². The predicted octanol–water partition coefficient (Wildman–Crippen LogP) is 6.86. The second-order valence-corrected chi connectivity index (χ2v) is 9.94. The number of phenolic OH excluding ortho intramolecular Hbond substituents is 4. The van der Waals surface area contributed by atoms with Gasteiger partial charge in [0, 0.05) is 67.8 Å². The van der Waals surface area contributed by atoms with E-state index >= 15 is 0 Å². The van der Waals surface area contributed by atoms with Crippen molar-refractivity contribution in [1.29, 1.82) is 0 Å². The first-order valence-electron chi connectivity index (χ1n) is 14.0. The first-order valence-corrected chi connectivity index (χ1v) is 14.0. The van der Waals surface area contributed by atoms with Crippen LogP contribution in [-0.2, 0) is 36.5 Å². The minimum atomic E-state index is -0.260. The minimum Gasteiger partial charge on any atom is -0.506 e. The van der Waals surface area contributed by atoms with Crippen molar-refractivity contribution in [3.8, 4) is 23.0 Å². The van der Waals surface area contributed by atoms with Crippen molar-refractivity contribution in [3.63, 3.8) is 0 Å². The second kappa shape index (κ2) is 18.1. The molecule has 0 saturated carbocycles. The van der Waals surface area contributed by atoms with E-state index in [0.29, 0.717) is 22.7 Å². The molecule has 17 heteroatoms. The molecule has 4 amide bonds. The number of anilines is 4. The van der Waals surface area contributed by atoms with Crippen LogP contribution in [0.2, 0.25) is 0 Å². The molecule has 49 heavy (non-hydrogen) atoms. The van der Waals surface area contributed by atoms with Crippen LogP contribution in [0.25, 0.3) is 0 Å². The molecule has 16 nitrogen and oxygen atoms in total. The molecule has 8 N–H and O–H groups in total. The molecule has 0 bridgehead atoms. The van der Waals surface area contributed by atoms with E-state index in [2.05, 4.69) is 41.7 Å². The van der Waals surface area contributed by atoms with Crippen molar-refractivity contribution in [3.05, 3.63) is 72.8 Å². The van der Waals surface area contributed by atoms with E-state index in [1.54, 1.807) is 0 Å². The molecular weight excluding hydrogens is 676 g/mol. The Balaban J connectivity index is 0.000000333. The Morgan fingerprint density at radius 1 is 0.408 bits per heavy atom. The third-order valence-electron chi connectivity index (χ3n) is 5.71. The van der Waals surface area contributed by atoms with Gasteiger partial charge in [0.1, 0.15) is 45.7 Å². The molecule has 0 atom stereocenters. The molecule has 0 spiro atoms. The number of carbonyl (C=O) groups is 4. The molecule has 0 aromatic heterocycles. The summed E-state index contributed by atoms with van der Waals surface area (Å²) in [6.07, 6.45) is 0. The van der Waals surface area contributed by atoms with Crippen molar-refractivity contribution in [2.75, 3.05) is 21.3 Å². The third kappa shape index (κ3) is 12.8. The first-order chi connectivity index (χ1) is 22.7. The van der Waals surface area contributed by atoms with Gasteiger partial charge in [0.15, 0.2) is 0 Å². The summed E-state index contributed by atoms with van der Waals surface area (Å²) in [6, 6.07) is 17.3. The predicted molar refractivity (Wildman–Crippen MR) is 178 cm³/mol. The molecule has 0 aliphatic heterocycles. The zero-order valence-corrected chi connectivity index (χ0v) is 27.8. The van der Waals surface area contributed by atoms with Crippen molar-refractivity contribution in [2.24, 2.45) is 20.5 Å². The first kappa shape index (κ1) is 38.9. The Bertz CT molecular complexity index is 1640. The summed E-state index contributed by atoms with van der Waals surface area (Å²) in [5.41, 5.74) is 2.26. The number of amides is 4. The SMILES string of the molecule is CC(=O)Nc1ccc(O)c(N=Nc2cc(NC(C)=O)ccc2O)c1.CC(=O)Nc1ccc(O)c(N=Nc2cc(NC(C)=O)ccc2O)c1.[Cr]. The molecule has 0 aliphatic rings. The number of rotatable bonds is 8. The standard InChI is InChI=1S/2C16H16N4O4.Cr/c2*1-9(21)17-11-3-5-15(23)13(7-11)19-20-14-8-12(18-10(2)22)4-6-16(14)24;/h2*3-8,23-24H,1-2H3,(H,17,21)(H,18,22);. The molecular formula is C32H32CrN8O8. The van der Waals surface area contributed by atoms with Crippen LogP contribution in [0.3, 0.4) is 0 Å². The number of nitrogens with zero attached hydrogens (tertiary/aromatic N) is 4. The largest absolute Gasteiger partial charge is 0.506 e. The molecule has 0 unspecified atom stereocenters. The number of azo groups is 2. The Hall–Kier alpha value is -6.31. The fourth-order valence-electron chi connectivity index (χ4n) is 3.75.